The maximum absolute atomic E-state index is 11.5. The Bertz CT molecular complexity index is 570. The number of esters is 1. The Hall–Kier alpha value is -1.58. The summed E-state index contributed by atoms with van der Waals surface area (Å²) in [6.45, 7) is 0. The Kier molecular flexibility index (Phi) is 4.18. The summed E-state index contributed by atoms with van der Waals surface area (Å²) in [5.74, 6) is -0.305. The Labute approximate surface area is 114 Å². The van der Waals surface area contributed by atoms with Gasteiger partial charge in [0, 0.05) is 5.02 Å². The van der Waals surface area contributed by atoms with Gasteiger partial charge in [0.25, 0.3) is 0 Å². The molecule has 2 rings (SSSR count). The lowest BCUT2D eigenvalue weighted by Crippen LogP contribution is -1.99. The Morgan fingerprint density at radius 3 is 2.61 bits per heavy atom. The summed E-state index contributed by atoms with van der Waals surface area (Å²) in [6.07, 6.45) is 3.83. The van der Waals surface area contributed by atoms with E-state index in [0.29, 0.717) is 9.90 Å². The first-order valence-corrected chi connectivity index (χ1v) is 6.56. The van der Waals surface area contributed by atoms with Crippen LogP contribution in [0.5, 0.6) is 0 Å². The molecule has 2 nitrogen and oxygen atoms in total. The van der Waals surface area contributed by atoms with Crippen molar-refractivity contribution < 1.29 is 9.53 Å². The maximum atomic E-state index is 11.5. The highest BCUT2D eigenvalue weighted by molar-refractivity contribution is 7.12. The smallest absolute Gasteiger partial charge is 0.348 e. The maximum Gasteiger partial charge on any atom is 0.348 e. The molecule has 0 saturated heterocycles. The van der Waals surface area contributed by atoms with Gasteiger partial charge in [-0.25, -0.2) is 4.79 Å². The fourth-order valence-electron chi connectivity index (χ4n) is 1.47. The van der Waals surface area contributed by atoms with E-state index in [0.717, 1.165) is 11.1 Å². The second kappa shape index (κ2) is 5.85. The molecule has 0 unspecified atom stereocenters. The van der Waals surface area contributed by atoms with Crippen molar-refractivity contribution in [1.82, 2.24) is 0 Å². The highest BCUT2D eigenvalue weighted by Gasteiger charge is 2.10. The Balaban J connectivity index is 2.21. The van der Waals surface area contributed by atoms with Crippen molar-refractivity contribution in [3.05, 3.63) is 56.7 Å². The van der Waals surface area contributed by atoms with E-state index in [1.54, 1.807) is 0 Å². The minimum absolute atomic E-state index is 0.305. The summed E-state index contributed by atoms with van der Waals surface area (Å²) in [5.41, 5.74) is 1.89. The number of rotatable bonds is 3. The van der Waals surface area contributed by atoms with Crippen molar-refractivity contribution in [2.75, 3.05) is 7.11 Å². The molecule has 0 spiro atoms. The zero-order valence-electron chi connectivity index (χ0n) is 9.72. The number of carbonyl (C=O) groups is 1. The van der Waals surface area contributed by atoms with Crippen molar-refractivity contribution in [2.24, 2.45) is 0 Å². The SMILES string of the molecule is COC(=O)c1sccc1/C=C/c1ccc(Cl)cc1. The molecule has 0 saturated carbocycles. The van der Waals surface area contributed by atoms with Crippen LogP contribution in [0.1, 0.15) is 20.8 Å². The lowest BCUT2D eigenvalue weighted by molar-refractivity contribution is 0.0606. The molecular weight excluding hydrogens is 268 g/mol. The lowest BCUT2D eigenvalue weighted by Gasteiger charge is -1.97. The molecule has 1 aromatic heterocycles. The molecule has 0 aliphatic heterocycles. The normalized spacial score (nSPS) is 10.8. The van der Waals surface area contributed by atoms with Crippen LogP contribution in [-0.2, 0) is 4.74 Å². The van der Waals surface area contributed by atoms with Crippen LogP contribution < -0.4 is 0 Å². The predicted octanol–water partition coefficient (Wildman–Crippen LogP) is 4.36. The van der Waals surface area contributed by atoms with E-state index in [-0.39, 0.29) is 5.97 Å². The van der Waals surface area contributed by atoms with Gasteiger partial charge in [0.2, 0.25) is 0 Å². The predicted molar refractivity (Wildman–Crippen MR) is 76.0 cm³/mol. The number of hydrogen-bond donors (Lipinski definition) is 0. The fourth-order valence-corrected chi connectivity index (χ4v) is 2.40. The van der Waals surface area contributed by atoms with Crippen molar-refractivity contribution in [2.45, 2.75) is 0 Å². The van der Waals surface area contributed by atoms with E-state index in [4.69, 9.17) is 16.3 Å². The van der Waals surface area contributed by atoms with Crippen LogP contribution in [0.15, 0.2) is 35.7 Å². The highest BCUT2D eigenvalue weighted by Crippen LogP contribution is 2.20. The van der Waals surface area contributed by atoms with Crippen molar-refractivity contribution in [1.29, 1.82) is 0 Å². The fraction of sp³-hybridized carbons (Fsp3) is 0.0714. The first-order valence-electron chi connectivity index (χ1n) is 5.30. The molecule has 0 amide bonds. The van der Waals surface area contributed by atoms with Gasteiger partial charge in [0.05, 0.1) is 7.11 Å². The van der Waals surface area contributed by atoms with Gasteiger partial charge in [-0.3, -0.25) is 0 Å². The lowest BCUT2D eigenvalue weighted by atomic mass is 10.1. The minimum atomic E-state index is -0.305. The summed E-state index contributed by atoms with van der Waals surface area (Å²) in [6, 6.07) is 9.39. The zero-order chi connectivity index (χ0) is 13.0. The molecule has 0 radical (unpaired) electrons. The molecule has 1 aromatic carbocycles. The van der Waals surface area contributed by atoms with Crippen LogP contribution in [-0.4, -0.2) is 13.1 Å². The van der Waals surface area contributed by atoms with E-state index < -0.39 is 0 Å². The number of thiophene rings is 1. The van der Waals surface area contributed by atoms with Gasteiger partial charge in [0.1, 0.15) is 4.88 Å². The summed E-state index contributed by atoms with van der Waals surface area (Å²) in [7, 11) is 1.38. The first-order chi connectivity index (χ1) is 8.70. The Morgan fingerprint density at radius 1 is 1.22 bits per heavy atom. The molecule has 2 aromatic rings. The highest BCUT2D eigenvalue weighted by atomic mass is 35.5. The standard InChI is InChI=1S/C14H11ClO2S/c1-17-14(16)13-11(8-9-18-13)5-2-10-3-6-12(15)7-4-10/h2-9H,1H3/b5-2+. The molecule has 1 heterocycles. The molecule has 0 aliphatic rings. The summed E-state index contributed by atoms with van der Waals surface area (Å²) >= 11 is 7.19. The molecule has 18 heavy (non-hydrogen) atoms. The van der Waals surface area contributed by atoms with Gasteiger partial charge in [-0.05, 0) is 34.7 Å². The third-order valence-corrected chi connectivity index (χ3v) is 3.55. The molecular formula is C14H11ClO2S. The van der Waals surface area contributed by atoms with E-state index in [2.05, 4.69) is 0 Å². The van der Waals surface area contributed by atoms with Crippen LogP contribution in [0, 0.1) is 0 Å². The minimum Gasteiger partial charge on any atom is -0.465 e. The molecule has 0 aliphatic carbocycles. The first kappa shape index (κ1) is 12.9. The van der Waals surface area contributed by atoms with Gasteiger partial charge in [0.15, 0.2) is 0 Å². The molecule has 0 N–H and O–H groups in total. The van der Waals surface area contributed by atoms with Crippen LogP contribution in [0.4, 0.5) is 0 Å². The van der Waals surface area contributed by atoms with Crippen molar-refractivity contribution in [3.8, 4) is 0 Å². The average molecular weight is 279 g/mol. The zero-order valence-corrected chi connectivity index (χ0v) is 11.3. The third kappa shape index (κ3) is 3.00. The molecule has 0 bridgehead atoms. The van der Waals surface area contributed by atoms with Crippen molar-refractivity contribution >= 4 is 41.1 Å². The summed E-state index contributed by atoms with van der Waals surface area (Å²) in [5, 5.41) is 2.58. The summed E-state index contributed by atoms with van der Waals surface area (Å²) < 4.78 is 4.72. The second-order valence-electron chi connectivity index (χ2n) is 3.58. The Morgan fingerprint density at radius 2 is 1.94 bits per heavy atom. The average Bonchev–Trinajstić information content (AvgIpc) is 2.85. The second-order valence-corrected chi connectivity index (χ2v) is 4.93. The van der Waals surface area contributed by atoms with Gasteiger partial charge in [-0.15, -0.1) is 11.3 Å². The molecule has 0 atom stereocenters. The number of halogens is 1. The number of benzene rings is 1. The topological polar surface area (TPSA) is 26.3 Å². The van der Waals surface area contributed by atoms with Crippen LogP contribution in [0.3, 0.4) is 0 Å². The van der Waals surface area contributed by atoms with Gasteiger partial charge in [-0.1, -0.05) is 35.9 Å². The molecule has 0 fully saturated rings. The van der Waals surface area contributed by atoms with Gasteiger partial charge in [-0.2, -0.15) is 0 Å². The quantitative estimate of drug-likeness (QED) is 0.780. The molecule has 4 heteroatoms. The van der Waals surface area contributed by atoms with Crippen LogP contribution in [0.2, 0.25) is 5.02 Å². The molecule has 92 valence electrons. The monoisotopic (exact) mass is 278 g/mol. The summed E-state index contributed by atoms with van der Waals surface area (Å²) in [4.78, 5) is 12.1. The number of hydrogen-bond acceptors (Lipinski definition) is 3. The number of carbonyl (C=O) groups excluding carboxylic acids is 1. The largest absolute Gasteiger partial charge is 0.465 e. The third-order valence-electron chi connectivity index (χ3n) is 2.39. The number of ether oxygens (including phenoxy) is 1. The van der Waals surface area contributed by atoms with E-state index in [1.807, 2.05) is 47.9 Å². The van der Waals surface area contributed by atoms with Crippen LogP contribution >= 0.6 is 22.9 Å². The number of methoxy groups -OCH3 is 1. The van der Waals surface area contributed by atoms with E-state index in [9.17, 15) is 4.79 Å². The van der Waals surface area contributed by atoms with E-state index >= 15 is 0 Å². The van der Waals surface area contributed by atoms with Crippen molar-refractivity contribution in [3.63, 3.8) is 0 Å². The van der Waals surface area contributed by atoms with Gasteiger partial charge < -0.3 is 4.74 Å². The van der Waals surface area contributed by atoms with Gasteiger partial charge >= 0.3 is 5.97 Å². The van der Waals surface area contributed by atoms with Crippen LogP contribution in [0.25, 0.3) is 12.2 Å². The van der Waals surface area contributed by atoms with E-state index in [1.165, 1.54) is 18.4 Å².